The molecule has 1 unspecified atom stereocenters. The van der Waals surface area contributed by atoms with Gasteiger partial charge in [-0.05, 0) is 30.7 Å². The summed E-state index contributed by atoms with van der Waals surface area (Å²) in [6, 6.07) is 10.8. The molecule has 0 spiro atoms. The molecule has 1 atom stereocenters. The third-order valence-corrected chi connectivity index (χ3v) is 4.45. The molecule has 1 aromatic carbocycles. The summed E-state index contributed by atoms with van der Waals surface area (Å²) in [7, 11) is 1.71. The molecule has 10 heteroatoms. The Morgan fingerprint density at radius 1 is 1.21 bits per heavy atom. The summed E-state index contributed by atoms with van der Waals surface area (Å²) in [5.74, 6) is 0.330. The van der Waals surface area contributed by atoms with E-state index < -0.39 is 11.2 Å². The predicted molar refractivity (Wildman–Crippen MR) is 103 cm³/mol. The molecule has 0 saturated heterocycles. The molecule has 0 aliphatic heterocycles. The summed E-state index contributed by atoms with van der Waals surface area (Å²) >= 11 is 0. The molecule has 29 heavy (non-hydrogen) atoms. The van der Waals surface area contributed by atoms with Gasteiger partial charge in [0, 0.05) is 13.2 Å². The fourth-order valence-corrected chi connectivity index (χ4v) is 2.90. The molecule has 0 aliphatic rings. The van der Waals surface area contributed by atoms with Gasteiger partial charge in [-0.15, -0.1) is 15.3 Å². The number of aromatic nitrogens is 6. The van der Waals surface area contributed by atoms with Crippen molar-refractivity contribution in [1.29, 1.82) is 5.26 Å². The van der Waals surface area contributed by atoms with E-state index in [2.05, 4.69) is 31.3 Å². The van der Waals surface area contributed by atoms with Gasteiger partial charge in [-0.1, -0.05) is 12.1 Å². The highest BCUT2D eigenvalue weighted by Gasteiger charge is 2.18. The van der Waals surface area contributed by atoms with Crippen LogP contribution in [0.4, 0.5) is 0 Å². The number of aryl methyl sites for hydroxylation is 1. The number of rotatable bonds is 4. The van der Waals surface area contributed by atoms with Crippen LogP contribution in [0, 0.1) is 11.3 Å². The topological polar surface area (TPSA) is 142 Å². The second kappa shape index (κ2) is 7.05. The van der Waals surface area contributed by atoms with Gasteiger partial charge in [-0.3, -0.25) is 9.78 Å². The summed E-state index contributed by atoms with van der Waals surface area (Å²) in [5, 5.41) is 22.0. The van der Waals surface area contributed by atoms with Crippen molar-refractivity contribution >= 4 is 11.0 Å². The molecule has 3 heterocycles. The van der Waals surface area contributed by atoms with E-state index in [1.165, 1.54) is 10.9 Å². The number of hydrogen-bond acceptors (Lipinski definition) is 7. The molecule has 3 aromatic heterocycles. The van der Waals surface area contributed by atoms with Crippen molar-refractivity contribution < 1.29 is 4.74 Å². The molecule has 10 nitrogen and oxygen atoms in total. The molecule has 0 amide bonds. The summed E-state index contributed by atoms with van der Waals surface area (Å²) in [5.41, 5.74) is 1.20. The Morgan fingerprint density at radius 3 is 2.66 bits per heavy atom. The maximum atomic E-state index is 12.1. The highest BCUT2D eigenvalue weighted by Crippen LogP contribution is 2.29. The normalized spacial score (nSPS) is 11.9. The first-order chi connectivity index (χ1) is 14.0. The van der Waals surface area contributed by atoms with Crippen molar-refractivity contribution in [3.05, 3.63) is 68.5 Å². The lowest BCUT2D eigenvalue weighted by atomic mass is 10.1. The number of nitrogens with zero attached hydrogens (tertiary/aromatic N) is 5. The first-order valence-electron chi connectivity index (χ1n) is 8.66. The van der Waals surface area contributed by atoms with Crippen LogP contribution in [-0.2, 0) is 7.05 Å². The van der Waals surface area contributed by atoms with E-state index in [9.17, 15) is 9.59 Å². The monoisotopic (exact) mass is 389 g/mol. The molecule has 0 radical (unpaired) electrons. The lowest BCUT2D eigenvalue weighted by Crippen LogP contribution is -2.22. The fourth-order valence-electron chi connectivity index (χ4n) is 2.90. The van der Waals surface area contributed by atoms with Crippen LogP contribution in [0.3, 0.4) is 0 Å². The number of H-pyrrole nitrogens is 2. The van der Waals surface area contributed by atoms with E-state index in [-0.39, 0.29) is 17.4 Å². The van der Waals surface area contributed by atoms with E-state index >= 15 is 0 Å². The van der Waals surface area contributed by atoms with Gasteiger partial charge in [-0.2, -0.15) is 5.26 Å². The van der Waals surface area contributed by atoms with Gasteiger partial charge < -0.3 is 9.72 Å². The molecule has 0 aliphatic carbocycles. The first-order valence-corrected chi connectivity index (χ1v) is 8.66. The second-order valence-corrected chi connectivity index (χ2v) is 6.38. The Hall–Kier alpha value is -4.26. The van der Waals surface area contributed by atoms with Crippen molar-refractivity contribution in [2.45, 2.75) is 13.0 Å². The summed E-state index contributed by atoms with van der Waals surface area (Å²) in [4.78, 5) is 27.9. The van der Waals surface area contributed by atoms with Gasteiger partial charge in [0.1, 0.15) is 11.8 Å². The minimum atomic E-state index is -0.602. The lowest BCUT2D eigenvalue weighted by molar-refractivity contribution is 0.218. The fraction of sp³-hybridized carbons (Fsp3) is 0.158. The van der Waals surface area contributed by atoms with Crippen LogP contribution in [0.5, 0.6) is 5.88 Å². The summed E-state index contributed by atoms with van der Waals surface area (Å²) in [6.45, 7) is 1.87. The number of benzene rings is 1. The minimum absolute atomic E-state index is 0.175. The predicted octanol–water partition coefficient (Wildman–Crippen LogP) is 1.42. The zero-order valence-electron chi connectivity index (χ0n) is 15.5. The van der Waals surface area contributed by atoms with Crippen molar-refractivity contribution in [2.75, 3.05) is 0 Å². The van der Waals surface area contributed by atoms with Gasteiger partial charge in [-0.25, -0.2) is 9.48 Å². The maximum Gasteiger partial charge on any atom is 0.325 e. The van der Waals surface area contributed by atoms with Crippen LogP contribution >= 0.6 is 0 Å². The van der Waals surface area contributed by atoms with Gasteiger partial charge >= 0.3 is 5.69 Å². The van der Waals surface area contributed by atoms with Crippen molar-refractivity contribution in [3.63, 3.8) is 0 Å². The van der Waals surface area contributed by atoms with Crippen LogP contribution in [-0.4, -0.2) is 29.9 Å². The lowest BCUT2D eigenvalue weighted by Gasteiger charge is -2.13. The van der Waals surface area contributed by atoms with Gasteiger partial charge in [0.2, 0.25) is 5.88 Å². The zero-order valence-corrected chi connectivity index (χ0v) is 15.5. The van der Waals surface area contributed by atoms with Crippen LogP contribution < -0.4 is 16.0 Å². The van der Waals surface area contributed by atoms with E-state index in [0.29, 0.717) is 22.5 Å². The Labute approximate surface area is 163 Å². The Morgan fingerprint density at radius 2 is 1.97 bits per heavy atom. The molecule has 144 valence electrons. The number of hydrogen-bond donors (Lipinski definition) is 2. The SMILES string of the molecule is CC(Oc1nn(C)c2nnc(-c3c[nH]c(=O)[nH]c3=O)cc12)c1ccc(C#N)cc1. The quantitative estimate of drug-likeness (QED) is 0.537. The summed E-state index contributed by atoms with van der Waals surface area (Å²) < 4.78 is 7.55. The van der Waals surface area contributed by atoms with Crippen LogP contribution in [0.25, 0.3) is 22.3 Å². The largest absolute Gasteiger partial charge is 0.468 e. The van der Waals surface area contributed by atoms with Gasteiger partial charge in [0.05, 0.1) is 22.6 Å². The Kier molecular flexibility index (Phi) is 4.40. The van der Waals surface area contributed by atoms with Crippen molar-refractivity contribution in [2.24, 2.45) is 7.05 Å². The molecule has 0 bridgehead atoms. The van der Waals surface area contributed by atoms with Crippen molar-refractivity contribution in [3.8, 4) is 23.2 Å². The molecule has 4 aromatic rings. The highest BCUT2D eigenvalue weighted by atomic mass is 16.5. The zero-order chi connectivity index (χ0) is 20.5. The standard InChI is InChI=1S/C19H15N7O3/c1-10(12-5-3-11(8-20)4-6-12)29-18-13-7-15(23-24-16(13)26(2)25-18)14-9-21-19(28)22-17(14)27/h3-7,9-10H,1-2H3,(H2,21,22,27,28). The third-order valence-electron chi connectivity index (χ3n) is 4.45. The third kappa shape index (κ3) is 3.37. The summed E-state index contributed by atoms with van der Waals surface area (Å²) in [6.07, 6.45) is 0.946. The smallest absolute Gasteiger partial charge is 0.325 e. The van der Waals surface area contributed by atoms with E-state index in [0.717, 1.165) is 5.56 Å². The highest BCUT2D eigenvalue weighted by molar-refractivity contribution is 5.84. The first kappa shape index (κ1) is 18.1. The number of nitriles is 1. The molecular weight excluding hydrogens is 374 g/mol. The van der Waals surface area contributed by atoms with Crippen LogP contribution in [0.2, 0.25) is 0 Å². The minimum Gasteiger partial charge on any atom is -0.468 e. The van der Waals surface area contributed by atoms with Gasteiger partial charge in [0.25, 0.3) is 5.56 Å². The molecule has 4 rings (SSSR count). The Bertz CT molecular complexity index is 1360. The number of nitrogens with one attached hydrogen (secondary N) is 2. The molecular formula is C19H15N7O3. The van der Waals surface area contributed by atoms with E-state index in [1.807, 2.05) is 19.1 Å². The van der Waals surface area contributed by atoms with Gasteiger partial charge in [0.15, 0.2) is 5.65 Å². The average molecular weight is 389 g/mol. The number of aromatic amines is 2. The maximum absolute atomic E-state index is 12.1. The van der Waals surface area contributed by atoms with Crippen LogP contribution in [0.15, 0.2) is 46.1 Å². The average Bonchev–Trinajstić information content (AvgIpc) is 3.03. The van der Waals surface area contributed by atoms with Crippen LogP contribution in [0.1, 0.15) is 24.2 Å². The van der Waals surface area contributed by atoms with Crippen molar-refractivity contribution in [1.82, 2.24) is 29.9 Å². The molecule has 2 N–H and O–H groups in total. The molecule has 0 saturated carbocycles. The number of ether oxygens (including phenoxy) is 1. The second-order valence-electron chi connectivity index (χ2n) is 6.38. The molecule has 0 fully saturated rings. The van der Waals surface area contributed by atoms with E-state index in [1.54, 1.807) is 25.2 Å². The number of fused-ring (bicyclic) bond motifs is 1. The van der Waals surface area contributed by atoms with E-state index in [4.69, 9.17) is 10.00 Å². The Balaban J connectivity index is 1.73.